The third-order valence-corrected chi connectivity index (χ3v) is 5.45. The predicted molar refractivity (Wildman–Crippen MR) is 138 cm³/mol. The van der Waals surface area contributed by atoms with Crippen LogP contribution in [0.15, 0.2) is 45.6 Å². The number of benzene rings is 2. The van der Waals surface area contributed by atoms with E-state index in [-0.39, 0.29) is 22.9 Å². The Bertz CT molecular complexity index is 1190. The van der Waals surface area contributed by atoms with Crippen molar-refractivity contribution < 1.29 is 32.9 Å². The van der Waals surface area contributed by atoms with E-state index in [0.717, 1.165) is 0 Å². The molecule has 1 aromatic heterocycles. The molecule has 0 saturated heterocycles. The lowest BCUT2D eigenvalue weighted by atomic mass is 9.75. The molecular weight excluding hydrogens is 464 g/mol. The number of ether oxygens (including phenoxy) is 5. The highest BCUT2D eigenvalue weighted by Gasteiger charge is 2.39. The van der Waals surface area contributed by atoms with Crippen LogP contribution in [0.1, 0.15) is 66.4 Å². The summed E-state index contributed by atoms with van der Waals surface area (Å²) in [5.41, 5.74) is 1.49. The Morgan fingerprint density at radius 3 is 1.47 bits per heavy atom. The van der Waals surface area contributed by atoms with Crippen molar-refractivity contribution in [3.8, 4) is 28.9 Å². The Kier molecular flexibility index (Phi) is 9.96. The van der Waals surface area contributed by atoms with E-state index in [2.05, 4.69) is 0 Å². The van der Waals surface area contributed by atoms with Crippen LogP contribution in [0.25, 0.3) is 0 Å². The Balaban J connectivity index is 0.00000109. The molecule has 194 valence electrons. The van der Waals surface area contributed by atoms with Crippen LogP contribution in [0.4, 0.5) is 0 Å². The Hall–Kier alpha value is -3.94. The second-order valence-electron chi connectivity index (χ2n) is 7.07. The summed E-state index contributed by atoms with van der Waals surface area (Å²) in [6.45, 7) is 8.00. The fourth-order valence-corrected chi connectivity index (χ4v) is 4.04. The zero-order valence-corrected chi connectivity index (χ0v) is 22.3. The molecule has 36 heavy (non-hydrogen) atoms. The third-order valence-electron chi connectivity index (χ3n) is 5.45. The molecule has 8 nitrogen and oxygen atoms in total. The van der Waals surface area contributed by atoms with Crippen LogP contribution in [-0.4, -0.2) is 41.3 Å². The number of hydrogen-bond acceptors (Lipinski definition) is 8. The number of carbonyl (C=O) groups excluding carboxylic acids is 1. The zero-order chi connectivity index (χ0) is 27.0. The largest absolute Gasteiger partial charge is 0.497 e. The molecule has 3 aromatic rings. The molecule has 0 aliphatic heterocycles. The number of ketones is 1. The normalized spacial score (nSPS) is 11.5. The Morgan fingerprint density at radius 2 is 1.08 bits per heavy atom. The van der Waals surface area contributed by atoms with Gasteiger partial charge in [-0.3, -0.25) is 9.59 Å². The first-order valence-electron chi connectivity index (χ1n) is 11.7. The van der Waals surface area contributed by atoms with Gasteiger partial charge in [0.05, 0.1) is 58.7 Å². The van der Waals surface area contributed by atoms with E-state index in [9.17, 15) is 9.59 Å². The number of rotatable bonds is 6. The summed E-state index contributed by atoms with van der Waals surface area (Å²) < 4.78 is 33.0. The van der Waals surface area contributed by atoms with Gasteiger partial charge in [-0.05, 0) is 23.3 Å². The highest BCUT2D eigenvalue weighted by Crippen LogP contribution is 2.49. The summed E-state index contributed by atoms with van der Waals surface area (Å²) in [4.78, 5) is 26.1. The summed E-state index contributed by atoms with van der Waals surface area (Å²) in [5, 5.41) is 0. The molecule has 0 saturated carbocycles. The molecule has 0 unspecified atom stereocenters. The van der Waals surface area contributed by atoms with E-state index in [0.29, 0.717) is 45.3 Å². The molecule has 1 aliphatic carbocycles. The molecule has 2 aromatic carbocycles. The Morgan fingerprint density at radius 1 is 0.611 bits per heavy atom. The standard InChI is InChI=1S/C24H22O8.2C2H6/c1-27-13-8-15-21(19-6-12(25)7-20(31-5)32-19)16-9-14(28-2)11-18(30-4)23(16)24(26)22(15)17(10-13)29-3;2*1-2/h6-11,21H,1-5H3;2*1-2H3. The third kappa shape index (κ3) is 5.17. The van der Waals surface area contributed by atoms with E-state index < -0.39 is 5.92 Å². The van der Waals surface area contributed by atoms with E-state index >= 15 is 0 Å². The van der Waals surface area contributed by atoms with Gasteiger partial charge in [-0.25, -0.2) is 0 Å². The van der Waals surface area contributed by atoms with Gasteiger partial charge >= 0.3 is 0 Å². The molecule has 0 atom stereocenters. The van der Waals surface area contributed by atoms with Gasteiger partial charge < -0.3 is 28.1 Å². The molecule has 0 bridgehead atoms. The van der Waals surface area contributed by atoms with Crippen LogP contribution in [0.2, 0.25) is 0 Å². The average molecular weight is 499 g/mol. The first-order chi connectivity index (χ1) is 17.4. The molecule has 4 rings (SSSR count). The van der Waals surface area contributed by atoms with Crippen LogP contribution in [0.5, 0.6) is 28.9 Å². The van der Waals surface area contributed by atoms with Gasteiger partial charge in [0.2, 0.25) is 5.78 Å². The number of hydrogen-bond donors (Lipinski definition) is 0. The van der Waals surface area contributed by atoms with Crippen LogP contribution in [-0.2, 0) is 0 Å². The number of fused-ring (bicyclic) bond motifs is 2. The maximum Gasteiger partial charge on any atom is 0.288 e. The monoisotopic (exact) mass is 498 g/mol. The van der Waals surface area contributed by atoms with Crippen LogP contribution < -0.4 is 29.1 Å². The molecule has 0 fully saturated rings. The fraction of sp³-hybridized carbons (Fsp3) is 0.357. The van der Waals surface area contributed by atoms with E-state index in [1.54, 1.807) is 24.3 Å². The van der Waals surface area contributed by atoms with Gasteiger partial charge in [0.15, 0.2) is 5.43 Å². The van der Waals surface area contributed by atoms with Crippen molar-refractivity contribution >= 4 is 5.78 Å². The second-order valence-corrected chi connectivity index (χ2v) is 7.07. The summed E-state index contributed by atoms with van der Waals surface area (Å²) in [7, 11) is 7.40. The molecule has 0 radical (unpaired) electrons. The quantitative estimate of drug-likeness (QED) is 0.346. The minimum absolute atomic E-state index is 0.0530. The second kappa shape index (κ2) is 12.7. The average Bonchev–Trinajstić information content (AvgIpc) is 2.93. The van der Waals surface area contributed by atoms with E-state index in [1.807, 2.05) is 27.7 Å². The van der Waals surface area contributed by atoms with E-state index in [1.165, 1.54) is 47.7 Å². The van der Waals surface area contributed by atoms with Gasteiger partial charge in [0.25, 0.3) is 5.95 Å². The smallest absolute Gasteiger partial charge is 0.288 e. The maximum absolute atomic E-state index is 13.7. The summed E-state index contributed by atoms with van der Waals surface area (Å²) in [6, 6.07) is 9.35. The topological polar surface area (TPSA) is 93.4 Å². The SMILES string of the molecule is CC.CC.COc1cc(OC)c2c(c1)C(c1cc(=O)cc(OC)o1)c1cc(OC)cc(OC)c1C2=O. The molecule has 8 heteroatoms. The van der Waals surface area contributed by atoms with Crippen LogP contribution in [0, 0.1) is 0 Å². The van der Waals surface area contributed by atoms with E-state index in [4.69, 9.17) is 28.1 Å². The minimum atomic E-state index is -0.659. The first-order valence-corrected chi connectivity index (χ1v) is 11.7. The molecule has 0 N–H and O–H groups in total. The van der Waals surface area contributed by atoms with Crippen LogP contribution in [0.3, 0.4) is 0 Å². The highest BCUT2D eigenvalue weighted by molar-refractivity contribution is 6.16. The Labute approximate surface area is 211 Å². The van der Waals surface area contributed by atoms with Gasteiger partial charge in [-0.2, -0.15) is 0 Å². The minimum Gasteiger partial charge on any atom is -0.497 e. The zero-order valence-electron chi connectivity index (χ0n) is 22.3. The summed E-state index contributed by atoms with van der Waals surface area (Å²) in [5.74, 6) is 1.05. The molecule has 1 aliphatic rings. The van der Waals surface area contributed by atoms with Gasteiger partial charge in [0.1, 0.15) is 28.8 Å². The summed E-state index contributed by atoms with van der Waals surface area (Å²) >= 11 is 0. The number of methoxy groups -OCH3 is 5. The van der Waals surface area contributed by atoms with Gasteiger partial charge in [0, 0.05) is 18.2 Å². The first kappa shape index (κ1) is 28.3. The van der Waals surface area contributed by atoms with Crippen molar-refractivity contribution in [3.05, 3.63) is 74.6 Å². The van der Waals surface area contributed by atoms with Crippen molar-refractivity contribution in [2.75, 3.05) is 35.5 Å². The maximum atomic E-state index is 13.7. The van der Waals surface area contributed by atoms with Gasteiger partial charge in [-0.15, -0.1) is 0 Å². The van der Waals surface area contributed by atoms with Crippen molar-refractivity contribution in [3.63, 3.8) is 0 Å². The predicted octanol–water partition coefficient (Wildman–Crippen LogP) is 5.46. The number of carbonyl (C=O) groups is 1. The van der Waals surface area contributed by atoms with Crippen molar-refractivity contribution in [2.45, 2.75) is 33.6 Å². The van der Waals surface area contributed by atoms with Crippen molar-refractivity contribution in [1.82, 2.24) is 0 Å². The molecule has 0 amide bonds. The van der Waals surface area contributed by atoms with Crippen LogP contribution >= 0.6 is 0 Å². The highest BCUT2D eigenvalue weighted by atomic mass is 16.6. The summed E-state index contributed by atoms with van der Waals surface area (Å²) in [6.07, 6.45) is 0. The fourth-order valence-electron chi connectivity index (χ4n) is 4.04. The lowest BCUT2D eigenvalue weighted by Gasteiger charge is -2.30. The molecule has 0 spiro atoms. The van der Waals surface area contributed by atoms with Crippen molar-refractivity contribution in [1.29, 1.82) is 0 Å². The molecule has 1 heterocycles. The molecular formula is C28H34O8. The van der Waals surface area contributed by atoms with Gasteiger partial charge in [-0.1, -0.05) is 27.7 Å². The lowest BCUT2D eigenvalue weighted by Crippen LogP contribution is -2.23. The van der Waals surface area contributed by atoms with Crippen molar-refractivity contribution in [2.24, 2.45) is 0 Å². The lowest BCUT2D eigenvalue weighted by molar-refractivity contribution is 0.102.